The van der Waals surface area contributed by atoms with Crippen molar-refractivity contribution in [3.05, 3.63) is 25.6 Å². The first-order valence-corrected chi connectivity index (χ1v) is 48.9. The van der Waals surface area contributed by atoms with E-state index in [4.69, 9.17) is 45.0 Å². The summed E-state index contributed by atoms with van der Waals surface area (Å²) in [5, 5.41) is 93.5. The van der Waals surface area contributed by atoms with E-state index in [1.807, 2.05) is 27.7 Å². The molecule has 141 heavy (non-hydrogen) atoms. The SMILES string of the molecule is C#CC[C@H](NB(C)O)C(=O)N[C@@H](CCCCNC(=O)[C@@H](CC#C)NB(C)O)C(=O)C[C@H](CCCCNC(=O)[C@H](CCCCNC(=O)[C@@H](CC#C)NB(C)O)NC(=O)CNB(C)O)C(=O)NCCCC.C#CC[C@H](NC=C)C(=O)N[C@@H](CCCCNC(=O)[C@@H](CC#C)NC(C)=O)C(=O)NCCCC[C@@H](CC(=O)[C@H](CCCCNC(=O)[C@@H](CC#C)NC=C)NC(=O)[C@H](CC#C)NC(C)=O)C(=O)NCCCC.CC. The first-order chi connectivity index (χ1) is 67.3. The molecule has 24 N–H and O–H groups in total. The van der Waals surface area contributed by atoms with Crippen molar-refractivity contribution in [3.63, 3.8) is 0 Å². The fourth-order valence-electron chi connectivity index (χ4n) is 13.9. The van der Waals surface area contributed by atoms with Crippen LogP contribution in [0, 0.1) is 98.2 Å². The number of amides is 14. The minimum atomic E-state index is -1.10. The van der Waals surface area contributed by atoms with Gasteiger partial charge in [0.05, 0.1) is 36.8 Å². The van der Waals surface area contributed by atoms with Crippen molar-refractivity contribution in [1.29, 1.82) is 0 Å². The molecule has 0 aromatic rings. The minimum absolute atomic E-state index is 0.00885. The zero-order valence-electron chi connectivity index (χ0n) is 84.5. The molecule has 0 bridgehead atoms. The van der Waals surface area contributed by atoms with E-state index in [0.29, 0.717) is 96.6 Å². The molecule has 0 fully saturated rings. The molecular formula is C97H160B4N20O20. The standard InChI is InChI=1S/C51H76N10O9.C44H78B4N10O11.C2H6/c1-10-17-31-54-46(65)38(35-45(64)39(60-51(70)43(27-14-5)59-37(9)63)29-19-22-33-55-47(66)40(24-11-2)52-15-6)28-18-21-32-57-49(68)44(61-50(69)41(25-12-3)53-16-7)30-20-23-34-56-48(67)42(26-13-4)58-36(8)62;1-9-13-26-49-40(61)32(30-38(59)33(55-44(65)37(22-12-4)58-48(8)69)24-15-18-28-51-42(63)35(20-10-2)56-46(6)67)23-14-17-27-50-41(62)34(54-39(60)31-53-45(5)66)25-16-19-29-52-43(64)36(21-11-3)57-47(7)68;1-2/h2-5,15-16,38-44,52-53H,6-7,10,17-35H2,1,8-9H3,(H,54,65)(H,55,66)(H,56,67)(H,57,68)(H,58,62)(H,59,63)(H,60,70)(H,61,69);2-4,32-37,53,56-58,66-69H,9,13-31H2,1,5-8H3,(H,49,61)(H,50,62)(H,51,63)(H,52,64)(H,54,60)(H,55,65);1-2H3/t38-,39-,40+,41-,42+,43-,44-;32-,33-,34-,35+,36+,37-;/m00./s1. The highest BCUT2D eigenvalue weighted by molar-refractivity contribution is 6.47. The van der Waals surface area contributed by atoms with Crippen LogP contribution in [0.15, 0.2) is 25.6 Å². The van der Waals surface area contributed by atoms with Crippen LogP contribution in [0.25, 0.3) is 0 Å². The lowest BCUT2D eigenvalue weighted by Crippen LogP contribution is -2.53. The largest absolute Gasteiger partial charge is 0.437 e. The van der Waals surface area contributed by atoms with E-state index in [-0.39, 0.29) is 166 Å². The van der Waals surface area contributed by atoms with Crippen LogP contribution >= 0.6 is 0 Å². The molecule has 0 radical (unpaired) electrons. The quantitative estimate of drug-likeness (QED) is 0.0196. The molecule has 40 nitrogen and oxygen atoms in total. The predicted octanol–water partition coefficient (Wildman–Crippen LogP) is -1.08. The number of Topliss-reactive ketones (excluding diaryl/α,β-unsaturated/α-hetero) is 2. The van der Waals surface area contributed by atoms with Crippen molar-refractivity contribution in [2.24, 2.45) is 11.8 Å². The fourth-order valence-corrected chi connectivity index (χ4v) is 13.9. The van der Waals surface area contributed by atoms with Gasteiger partial charge in [0.25, 0.3) is 0 Å². The summed E-state index contributed by atoms with van der Waals surface area (Å²) < 4.78 is 0. The molecular weight excluding hydrogens is 1810 g/mol. The first kappa shape index (κ1) is 133. The summed E-state index contributed by atoms with van der Waals surface area (Å²) >= 11 is 0. The third kappa shape index (κ3) is 67.0. The molecule has 0 saturated carbocycles. The monoisotopic (exact) mass is 1970 g/mol. The van der Waals surface area contributed by atoms with Crippen LogP contribution in [0.5, 0.6) is 0 Å². The van der Waals surface area contributed by atoms with Gasteiger partial charge in [-0.1, -0.05) is 66.5 Å². The Bertz CT molecular complexity index is 4120. The smallest absolute Gasteiger partial charge is 0.374 e. The van der Waals surface area contributed by atoms with Gasteiger partial charge in [0, 0.05) is 136 Å². The molecule has 0 aromatic carbocycles. The highest BCUT2D eigenvalue weighted by Gasteiger charge is 2.35. The fraction of sp³-hybridized carbons (Fsp3) is 0.649. The summed E-state index contributed by atoms with van der Waals surface area (Å²) in [4.78, 5) is 209. The Morgan fingerprint density at radius 1 is 0.291 bits per heavy atom. The van der Waals surface area contributed by atoms with Gasteiger partial charge < -0.3 is 126 Å². The lowest BCUT2D eigenvalue weighted by Gasteiger charge is -2.24. The van der Waals surface area contributed by atoms with Crippen LogP contribution in [0.3, 0.4) is 0 Å². The number of unbranched alkanes of at least 4 members (excludes halogenated alkanes) is 8. The van der Waals surface area contributed by atoms with E-state index in [0.717, 1.165) is 19.3 Å². The van der Waals surface area contributed by atoms with Crippen LogP contribution < -0.4 is 106 Å². The Labute approximate surface area is 838 Å². The van der Waals surface area contributed by atoms with E-state index < -0.39 is 177 Å². The Balaban J connectivity index is -0.00000265. The average molecular weight is 1970 g/mol. The first-order valence-electron chi connectivity index (χ1n) is 48.9. The molecule has 0 saturated heterocycles. The number of ketones is 2. The molecule has 0 aromatic heterocycles. The Kier molecular flexibility index (Phi) is 79.9. The molecule has 780 valence electrons. The van der Waals surface area contributed by atoms with E-state index >= 15 is 0 Å². The van der Waals surface area contributed by atoms with Crippen molar-refractivity contribution in [2.45, 2.75) is 334 Å². The maximum absolute atomic E-state index is 14.1. The number of carbonyl (C=O) groups is 16. The summed E-state index contributed by atoms with van der Waals surface area (Å²) in [6.07, 6.45) is 49.6. The third-order valence-corrected chi connectivity index (χ3v) is 21.2. The zero-order valence-corrected chi connectivity index (χ0v) is 84.5. The Morgan fingerprint density at radius 3 is 0.830 bits per heavy atom. The Morgan fingerprint density at radius 2 is 0.525 bits per heavy atom. The van der Waals surface area contributed by atoms with Crippen molar-refractivity contribution < 1.29 is 96.8 Å². The van der Waals surface area contributed by atoms with Crippen LogP contribution in [-0.4, -0.2) is 268 Å². The molecule has 44 heteroatoms. The van der Waals surface area contributed by atoms with Crippen LogP contribution in [0.4, 0.5) is 0 Å². The summed E-state index contributed by atoms with van der Waals surface area (Å²) in [6.45, 7) is 25.3. The molecule has 0 aliphatic rings. The molecule has 0 unspecified atom stereocenters. The van der Waals surface area contributed by atoms with Gasteiger partial charge in [0.1, 0.15) is 36.3 Å². The van der Waals surface area contributed by atoms with Gasteiger partial charge in [0.15, 0.2) is 11.6 Å². The molecule has 0 aliphatic carbocycles. The highest BCUT2D eigenvalue weighted by Crippen LogP contribution is 2.21. The number of hydrogen-bond donors (Lipinski definition) is 24. The second-order valence-electron chi connectivity index (χ2n) is 33.5. The van der Waals surface area contributed by atoms with Crippen LogP contribution in [-0.2, 0) is 76.7 Å². The van der Waals surface area contributed by atoms with Gasteiger partial charge in [-0.3, -0.25) is 76.7 Å². The number of nitrogens with one attached hydrogen (secondary N) is 20. The Hall–Kier alpha value is -12.1. The minimum Gasteiger partial charge on any atom is -0.437 e. The molecule has 0 rings (SSSR count). The average Bonchev–Trinajstić information content (AvgIpc) is 0.876. The van der Waals surface area contributed by atoms with Gasteiger partial charge >= 0.3 is 28.2 Å². The van der Waals surface area contributed by atoms with Gasteiger partial charge in [0.2, 0.25) is 82.7 Å². The van der Waals surface area contributed by atoms with Crippen LogP contribution in [0.1, 0.15) is 241 Å². The summed E-state index contributed by atoms with van der Waals surface area (Å²) in [5.74, 6) is 7.98. The summed E-state index contributed by atoms with van der Waals surface area (Å²) in [5.41, 5.74) is 0. The second kappa shape index (κ2) is 84.7. The van der Waals surface area contributed by atoms with Gasteiger partial charge in [-0.25, -0.2) is 0 Å². The van der Waals surface area contributed by atoms with E-state index in [1.54, 1.807) is 0 Å². The third-order valence-electron chi connectivity index (χ3n) is 21.2. The number of carbonyl (C=O) groups excluding carboxylic acids is 16. The van der Waals surface area contributed by atoms with E-state index in [9.17, 15) is 96.8 Å². The van der Waals surface area contributed by atoms with Gasteiger partial charge in [-0.2, -0.15) is 0 Å². The van der Waals surface area contributed by atoms with Crippen molar-refractivity contribution in [1.82, 2.24) is 106 Å². The number of terminal acetylenes is 7. The predicted molar refractivity (Wildman–Crippen MR) is 550 cm³/mol. The maximum atomic E-state index is 14.1. The lowest BCUT2D eigenvalue weighted by molar-refractivity contribution is -0.133. The maximum Gasteiger partial charge on any atom is 0.374 e. The van der Waals surface area contributed by atoms with Crippen molar-refractivity contribution >= 4 is 122 Å². The molecule has 0 heterocycles. The normalized spacial score (nSPS) is 13.1. The molecule has 0 aliphatic heterocycles. The van der Waals surface area contributed by atoms with Crippen LogP contribution in [0.2, 0.25) is 27.3 Å². The molecule has 14 amide bonds. The van der Waals surface area contributed by atoms with E-state index in [2.05, 4.69) is 161 Å². The van der Waals surface area contributed by atoms with E-state index in [1.165, 1.54) is 53.5 Å². The topological polar surface area (TPSA) is 595 Å². The van der Waals surface area contributed by atoms with Gasteiger partial charge in [-0.15, -0.1) is 86.4 Å². The van der Waals surface area contributed by atoms with Crippen molar-refractivity contribution in [3.8, 4) is 86.4 Å². The second-order valence-corrected chi connectivity index (χ2v) is 33.5. The molecule has 13 atom stereocenters. The lowest BCUT2D eigenvalue weighted by atomic mass is 9.86. The van der Waals surface area contributed by atoms with Crippen molar-refractivity contribution in [2.75, 3.05) is 58.9 Å². The number of rotatable bonds is 79. The summed E-state index contributed by atoms with van der Waals surface area (Å²) in [6, 6.07) is -10.1. The number of hydrogen-bond acceptors (Lipinski definition) is 26. The van der Waals surface area contributed by atoms with Gasteiger partial charge in [-0.05, 0) is 155 Å². The molecule has 0 spiro atoms. The highest BCUT2D eigenvalue weighted by atomic mass is 16.2. The zero-order chi connectivity index (χ0) is 107. The summed E-state index contributed by atoms with van der Waals surface area (Å²) in [7, 11) is -3.95.